The molecule has 2 aromatic rings. The Morgan fingerprint density at radius 1 is 1.15 bits per heavy atom. The number of hydrogen-bond acceptors (Lipinski definition) is 3. The van der Waals surface area contributed by atoms with E-state index < -0.39 is 11.6 Å². The Morgan fingerprint density at radius 3 is 2.50 bits per heavy atom. The van der Waals surface area contributed by atoms with E-state index in [4.69, 9.17) is 27.9 Å². The third-order valence-corrected chi connectivity index (χ3v) is 4.39. The van der Waals surface area contributed by atoms with Gasteiger partial charge in [0.25, 0.3) is 5.91 Å². The van der Waals surface area contributed by atoms with Crippen LogP contribution in [0, 0.1) is 0 Å². The number of aliphatic carboxylic acids is 1. The van der Waals surface area contributed by atoms with Gasteiger partial charge >= 0.3 is 5.97 Å². The summed E-state index contributed by atoms with van der Waals surface area (Å²) in [4.78, 5) is 23.7. The van der Waals surface area contributed by atoms with Gasteiger partial charge in [-0.1, -0.05) is 29.3 Å². The number of rotatable bonds is 4. The molecule has 0 saturated carbocycles. The van der Waals surface area contributed by atoms with Crippen LogP contribution >= 0.6 is 23.2 Å². The van der Waals surface area contributed by atoms with Crippen LogP contribution in [0.1, 0.15) is 25.0 Å². The van der Waals surface area contributed by atoms with E-state index in [9.17, 15) is 14.7 Å². The van der Waals surface area contributed by atoms with E-state index in [0.29, 0.717) is 38.2 Å². The molecule has 0 aromatic heterocycles. The van der Waals surface area contributed by atoms with Gasteiger partial charge < -0.3 is 15.2 Å². The van der Waals surface area contributed by atoms with Gasteiger partial charge in [0, 0.05) is 26.7 Å². The number of benzene rings is 2. The zero-order valence-electron chi connectivity index (χ0n) is 14.0. The minimum absolute atomic E-state index is 0.286. The summed E-state index contributed by atoms with van der Waals surface area (Å²) in [5.41, 5.74) is 0.786. The second-order valence-electron chi connectivity index (χ2n) is 6.30. The zero-order valence-corrected chi connectivity index (χ0v) is 15.5. The van der Waals surface area contributed by atoms with Crippen LogP contribution in [0.3, 0.4) is 0 Å². The van der Waals surface area contributed by atoms with Gasteiger partial charge in [-0.25, -0.2) is 4.79 Å². The molecule has 0 fully saturated rings. The first-order valence-electron chi connectivity index (χ1n) is 7.72. The summed E-state index contributed by atoms with van der Waals surface area (Å²) in [6.45, 7) is 2.89. The molecular formula is C19H15Cl2NO4. The average Bonchev–Trinajstić information content (AvgIpc) is 2.84. The minimum atomic E-state index is -1.44. The van der Waals surface area contributed by atoms with Crippen LogP contribution in [0.2, 0.25) is 10.0 Å². The highest BCUT2D eigenvalue weighted by atomic mass is 35.5. The third kappa shape index (κ3) is 3.54. The van der Waals surface area contributed by atoms with E-state index in [1.54, 1.807) is 42.5 Å². The molecule has 1 aliphatic rings. The van der Waals surface area contributed by atoms with Crippen molar-refractivity contribution in [3.8, 4) is 5.75 Å². The first kappa shape index (κ1) is 18.3. The van der Waals surface area contributed by atoms with Crippen LogP contribution < -0.4 is 10.1 Å². The summed E-state index contributed by atoms with van der Waals surface area (Å²) in [6, 6.07) is 9.89. The lowest BCUT2D eigenvalue weighted by Gasteiger charge is -2.23. The van der Waals surface area contributed by atoms with Crippen LogP contribution in [0.15, 0.2) is 36.4 Å². The predicted molar refractivity (Wildman–Crippen MR) is 102 cm³/mol. The number of carboxylic acid groups (broad SMARTS) is 1. The number of halogens is 2. The molecule has 26 heavy (non-hydrogen) atoms. The summed E-state index contributed by atoms with van der Waals surface area (Å²) < 4.78 is 5.65. The first-order valence-corrected chi connectivity index (χ1v) is 8.48. The van der Waals surface area contributed by atoms with E-state index in [1.807, 2.05) is 0 Å². The number of fused-ring (bicyclic) bond motifs is 1. The lowest BCUT2D eigenvalue weighted by Crippen LogP contribution is -2.38. The Hall–Kier alpha value is -2.50. The van der Waals surface area contributed by atoms with Crippen molar-refractivity contribution in [2.45, 2.75) is 19.4 Å². The molecule has 1 amide bonds. The number of nitrogens with one attached hydrogen (secondary N) is 1. The van der Waals surface area contributed by atoms with Gasteiger partial charge in [0.2, 0.25) is 0 Å². The van der Waals surface area contributed by atoms with Crippen molar-refractivity contribution < 1.29 is 19.4 Å². The van der Waals surface area contributed by atoms with Crippen LogP contribution in [0.5, 0.6) is 5.75 Å². The number of carbonyl (C=O) groups excluding carboxylic acids is 1. The first-order chi connectivity index (χ1) is 12.2. The monoisotopic (exact) mass is 391 g/mol. The zero-order chi connectivity index (χ0) is 19.1. The van der Waals surface area contributed by atoms with Gasteiger partial charge in [-0.05, 0) is 50.3 Å². The fraction of sp³-hybridized carbons (Fsp3) is 0.158. The molecular weight excluding hydrogens is 377 g/mol. The molecule has 0 unspecified atom stereocenters. The van der Waals surface area contributed by atoms with Gasteiger partial charge in [-0.2, -0.15) is 0 Å². The molecule has 0 saturated heterocycles. The SMILES string of the molecule is CC(C)(Oc1ccc(Cl)cc1/C=C1\C(=O)Nc2cc(Cl)ccc21)C(=O)O. The van der Waals surface area contributed by atoms with Crippen molar-refractivity contribution in [3.05, 3.63) is 57.6 Å². The quantitative estimate of drug-likeness (QED) is 0.738. The van der Waals surface area contributed by atoms with Crippen molar-refractivity contribution in [1.29, 1.82) is 0 Å². The lowest BCUT2D eigenvalue weighted by atomic mass is 10.0. The Morgan fingerprint density at radius 2 is 1.81 bits per heavy atom. The summed E-state index contributed by atoms with van der Waals surface area (Å²) in [7, 11) is 0. The van der Waals surface area contributed by atoms with Gasteiger partial charge in [0.1, 0.15) is 5.75 Å². The molecule has 0 aliphatic carbocycles. The standard InChI is InChI=1S/C19H15Cl2NO4/c1-19(2,18(24)25)26-16-6-4-11(20)7-10(16)8-14-13-5-3-12(21)9-15(13)22-17(14)23/h3-9H,1-2H3,(H,22,23)(H,24,25)/b14-8-. The topological polar surface area (TPSA) is 75.6 Å². The van der Waals surface area contributed by atoms with Gasteiger partial charge in [0.05, 0.1) is 5.69 Å². The fourth-order valence-electron chi connectivity index (χ4n) is 2.51. The van der Waals surface area contributed by atoms with E-state index in [0.717, 1.165) is 0 Å². The number of carboxylic acids is 1. The minimum Gasteiger partial charge on any atom is -0.478 e. The molecule has 2 aromatic carbocycles. The molecule has 1 aliphatic heterocycles. The number of hydrogen-bond donors (Lipinski definition) is 2. The molecule has 2 N–H and O–H groups in total. The van der Waals surface area contributed by atoms with Crippen molar-refractivity contribution in [1.82, 2.24) is 0 Å². The van der Waals surface area contributed by atoms with Crippen LogP contribution in [-0.2, 0) is 9.59 Å². The number of amides is 1. The molecule has 5 nitrogen and oxygen atoms in total. The molecule has 0 atom stereocenters. The maximum absolute atomic E-state index is 12.3. The van der Waals surface area contributed by atoms with E-state index in [2.05, 4.69) is 5.32 Å². The van der Waals surface area contributed by atoms with Crippen LogP contribution in [0.25, 0.3) is 11.6 Å². The van der Waals surface area contributed by atoms with Crippen molar-refractivity contribution in [3.63, 3.8) is 0 Å². The second-order valence-corrected chi connectivity index (χ2v) is 7.17. The van der Waals surface area contributed by atoms with Gasteiger partial charge in [0.15, 0.2) is 5.60 Å². The fourth-order valence-corrected chi connectivity index (χ4v) is 2.86. The Balaban J connectivity index is 2.08. The summed E-state index contributed by atoms with van der Waals surface area (Å²) in [5, 5.41) is 13.0. The van der Waals surface area contributed by atoms with Crippen LogP contribution in [0.4, 0.5) is 5.69 Å². The number of anilines is 1. The summed E-state index contributed by atoms with van der Waals surface area (Å²) in [5.74, 6) is -1.08. The highest BCUT2D eigenvalue weighted by Crippen LogP contribution is 2.37. The molecule has 0 radical (unpaired) electrons. The molecule has 1 heterocycles. The highest BCUT2D eigenvalue weighted by Gasteiger charge is 2.31. The Kier molecular flexibility index (Phi) is 4.69. The molecule has 134 valence electrons. The second kappa shape index (κ2) is 6.67. The summed E-state index contributed by atoms with van der Waals surface area (Å²) >= 11 is 12.0. The highest BCUT2D eigenvalue weighted by molar-refractivity contribution is 6.37. The van der Waals surface area contributed by atoms with Gasteiger partial charge in [-0.3, -0.25) is 4.79 Å². The maximum atomic E-state index is 12.3. The normalized spacial score (nSPS) is 14.9. The number of carbonyl (C=O) groups is 2. The van der Waals surface area contributed by atoms with E-state index >= 15 is 0 Å². The molecule has 7 heteroatoms. The molecule has 3 rings (SSSR count). The smallest absolute Gasteiger partial charge is 0.347 e. The van der Waals surface area contributed by atoms with Crippen molar-refractivity contribution >= 4 is 52.4 Å². The lowest BCUT2D eigenvalue weighted by molar-refractivity contribution is -0.152. The maximum Gasteiger partial charge on any atom is 0.347 e. The molecule has 0 spiro atoms. The predicted octanol–water partition coefficient (Wildman–Crippen LogP) is 4.73. The average molecular weight is 392 g/mol. The van der Waals surface area contributed by atoms with Crippen molar-refractivity contribution in [2.24, 2.45) is 0 Å². The van der Waals surface area contributed by atoms with E-state index in [-0.39, 0.29) is 5.91 Å². The largest absolute Gasteiger partial charge is 0.478 e. The van der Waals surface area contributed by atoms with Crippen molar-refractivity contribution in [2.75, 3.05) is 5.32 Å². The van der Waals surface area contributed by atoms with E-state index in [1.165, 1.54) is 13.8 Å². The third-order valence-electron chi connectivity index (χ3n) is 3.92. The Labute approximate surface area is 160 Å². The van der Waals surface area contributed by atoms with Gasteiger partial charge in [-0.15, -0.1) is 0 Å². The van der Waals surface area contributed by atoms with Crippen LogP contribution in [-0.4, -0.2) is 22.6 Å². The number of ether oxygens (including phenoxy) is 1. The summed E-state index contributed by atoms with van der Waals surface area (Å²) in [6.07, 6.45) is 1.62. The molecule has 0 bridgehead atoms. The Bertz CT molecular complexity index is 951.